The van der Waals surface area contributed by atoms with Crippen molar-refractivity contribution >= 4 is 21.6 Å². The molecule has 1 amide bonds. The van der Waals surface area contributed by atoms with E-state index in [1.807, 2.05) is 0 Å². The van der Waals surface area contributed by atoms with Crippen LogP contribution >= 0.6 is 0 Å². The summed E-state index contributed by atoms with van der Waals surface area (Å²) in [6, 6.07) is 10.5. The molecular weight excluding hydrogens is 356 g/mol. The van der Waals surface area contributed by atoms with Crippen molar-refractivity contribution in [3.8, 4) is 23.8 Å². The minimum atomic E-state index is -3.86. The van der Waals surface area contributed by atoms with Gasteiger partial charge in [-0.15, -0.1) is 6.42 Å². The number of rotatable bonds is 5. The van der Waals surface area contributed by atoms with Crippen LogP contribution in [0.15, 0.2) is 47.4 Å². The molecule has 134 valence electrons. The first kappa shape index (κ1) is 17.6. The monoisotopic (exact) mass is 372 g/mol. The van der Waals surface area contributed by atoms with Gasteiger partial charge in [-0.05, 0) is 30.3 Å². The Morgan fingerprint density at radius 2 is 1.88 bits per heavy atom. The largest absolute Gasteiger partial charge is 0.486 e. The van der Waals surface area contributed by atoms with Crippen molar-refractivity contribution in [3.05, 3.63) is 48.0 Å². The predicted octanol–water partition coefficient (Wildman–Crippen LogP) is 1.62. The summed E-state index contributed by atoms with van der Waals surface area (Å²) in [4.78, 5) is 12.0. The third kappa shape index (κ3) is 3.90. The maximum absolute atomic E-state index is 12.6. The van der Waals surface area contributed by atoms with Crippen LogP contribution in [0.25, 0.3) is 0 Å². The van der Waals surface area contributed by atoms with Crippen molar-refractivity contribution < 1.29 is 22.7 Å². The van der Waals surface area contributed by atoms with E-state index in [1.54, 1.807) is 24.3 Å². The maximum Gasteiger partial charge on any atom is 0.262 e. The first-order valence-electron chi connectivity index (χ1n) is 7.74. The number of carbonyl (C=O) groups is 1. The fraction of sp³-hybridized carbons (Fsp3) is 0.167. The Balaban J connectivity index is 1.82. The maximum atomic E-state index is 12.6. The first-order valence-corrected chi connectivity index (χ1v) is 9.22. The summed E-state index contributed by atoms with van der Waals surface area (Å²) < 4.78 is 38.5. The lowest BCUT2D eigenvalue weighted by Gasteiger charge is -2.19. The Labute approximate surface area is 151 Å². The first-order chi connectivity index (χ1) is 12.5. The molecule has 26 heavy (non-hydrogen) atoms. The van der Waals surface area contributed by atoms with E-state index in [0.29, 0.717) is 30.3 Å². The number of anilines is 1. The highest BCUT2D eigenvalue weighted by Gasteiger charge is 2.20. The summed E-state index contributed by atoms with van der Waals surface area (Å²) in [5, 5.41) is 2.52. The van der Waals surface area contributed by atoms with Gasteiger partial charge in [0, 0.05) is 17.3 Å². The number of hydrogen-bond donors (Lipinski definition) is 2. The van der Waals surface area contributed by atoms with Crippen LogP contribution in [-0.2, 0) is 10.0 Å². The van der Waals surface area contributed by atoms with Crippen LogP contribution < -0.4 is 19.5 Å². The van der Waals surface area contributed by atoms with Gasteiger partial charge in [0.15, 0.2) is 11.5 Å². The third-order valence-electron chi connectivity index (χ3n) is 3.55. The van der Waals surface area contributed by atoms with Crippen LogP contribution in [0.1, 0.15) is 10.4 Å². The molecule has 0 saturated heterocycles. The Morgan fingerprint density at radius 3 is 2.65 bits per heavy atom. The Bertz CT molecular complexity index is 979. The molecule has 2 N–H and O–H groups in total. The second-order valence-electron chi connectivity index (χ2n) is 5.38. The van der Waals surface area contributed by atoms with E-state index in [1.165, 1.54) is 18.2 Å². The van der Waals surface area contributed by atoms with Gasteiger partial charge in [-0.1, -0.05) is 12.0 Å². The normalized spacial score (nSPS) is 12.7. The zero-order chi connectivity index (χ0) is 18.6. The van der Waals surface area contributed by atoms with Crippen LogP contribution in [0.2, 0.25) is 0 Å². The van der Waals surface area contributed by atoms with Crippen molar-refractivity contribution in [2.45, 2.75) is 4.90 Å². The van der Waals surface area contributed by atoms with Gasteiger partial charge in [-0.2, -0.15) is 0 Å². The summed E-state index contributed by atoms with van der Waals surface area (Å²) in [5.41, 5.74) is 0.552. The number of sulfonamides is 1. The Kier molecular flexibility index (Phi) is 5.00. The van der Waals surface area contributed by atoms with Crippen molar-refractivity contribution in [2.24, 2.45) is 0 Å². The molecule has 0 radical (unpaired) electrons. The van der Waals surface area contributed by atoms with E-state index in [9.17, 15) is 13.2 Å². The van der Waals surface area contributed by atoms with Crippen molar-refractivity contribution in [1.82, 2.24) is 5.32 Å². The molecule has 0 bridgehead atoms. The number of ether oxygens (including phenoxy) is 2. The average Bonchev–Trinajstić information content (AvgIpc) is 2.65. The van der Waals surface area contributed by atoms with Gasteiger partial charge in [0.25, 0.3) is 15.9 Å². The number of hydrogen-bond acceptors (Lipinski definition) is 5. The highest BCUT2D eigenvalue weighted by molar-refractivity contribution is 7.92. The van der Waals surface area contributed by atoms with Crippen molar-refractivity contribution in [1.29, 1.82) is 0 Å². The van der Waals surface area contributed by atoms with Gasteiger partial charge in [-0.3, -0.25) is 9.52 Å². The van der Waals surface area contributed by atoms with Crippen LogP contribution in [0, 0.1) is 12.3 Å². The molecule has 0 aromatic heterocycles. The minimum Gasteiger partial charge on any atom is -0.486 e. The Hall–Kier alpha value is -3.18. The van der Waals surface area contributed by atoms with Gasteiger partial charge < -0.3 is 14.8 Å². The van der Waals surface area contributed by atoms with Crippen LogP contribution in [0.4, 0.5) is 5.69 Å². The van der Waals surface area contributed by atoms with Crippen molar-refractivity contribution in [3.63, 3.8) is 0 Å². The topological polar surface area (TPSA) is 93.7 Å². The molecule has 2 aromatic carbocycles. The summed E-state index contributed by atoms with van der Waals surface area (Å²) in [5.74, 6) is 2.79. The summed E-state index contributed by atoms with van der Waals surface area (Å²) in [7, 11) is -3.86. The molecular formula is C18H16N2O5S. The lowest BCUT2D eigenvalue weighted by Crippen LogP contribution is -2.23. The summed E-state index contributed by atoms with van der Waals surface area (Å²) in [6.07, 6.45) is 5.11. The molecule has 0 fully saturated rings. The molecule has 7 nitrogen and oxygen atoms in total. The molecule has 0 atom stereocenters. The second kappa shape index (κ2) is 7.37. The average molecular weight is 372 g/mol. The van der Waals surface area contributed by atoms with Gasteiger partial charge in [0.1, 0.15) is 13.2 Å². The third-order valence-corrected chi connectivity index (χ3v) is 4.93. The number of carbonyl (C=O) groups excluding carboxylic acids is 1. The van der Waals surface area contributed by atoms with Crippen LogP contribution in [0.5, 0.6) is 11.5 Å². The number of terminal acetylenes is 1. The van der Waals surface area contributed by atoms with Crippen LogP contribution in [0.3, 0.4) is 0 Å². The molecule has 1 aliphatic heterocycles. The zero-order valence-electron chi connectivity index (χ0n) is 13.7. The fourth-order valence-corrected chi connectivity index (χ4v) is 3.43. The SMILES string of the molecule is C#CCNC(=O)c1cccc(NS(=O)(=O)c2ccc3c(c2)OCCO3)c1. The minimum absolute atomic E-state index is 0.0314. The fourth-order valence-electron chi connectivity index (χ4n) is 2.36. The number of fused-ring (bicyclic) bond motifs is 1. The van der Waals surface area contributed by atoms with Gasteiger partial charge in [-0.25, -0.2) is 8.42 Å². The van der Waals surface area contributed by atoms with E-state index in [0.717, 1.165) is 0 Å². The molecule has 0 saturated carbocycles. The second-order valence-corrected chi connectivity index (χ2v) is 7.06. The van der Waals surface area contributed by atoms with E-state index >= 15 is 0 Å². The molecule has 0 spiro atoms. The molecule has 1 heterocycles. The molecule has 2 aromatic rings. The lowest BCUT2D eigenvalue weighted by atomic mass is 10.2. The molecule has 1 aliphatic rings. The number of benzene rings is 2. The van der Waals surface area contributed by atoms with Gasteiger partial charge >= 0.3 is 0 Å². The van der Waals surface area contributed by atoms with Crippen LogP contribution in [-0.4, -0.2) is 34.1 Å². The van der Waals surface area contributed by atoms with E-state index in [-0.39, 0.29) is 23.0 Å². The predicted molar refractivity (Wildman–Crippen MR) is 95.8 cm³/mol. The highest BCUT2D eigenvalue weighted by atomic mass is 32.2. The number of nitrogens with one attached hydrogen (secondary N) is 2. The molecule has 0 unspecified atom stereocenters. The molecule has 8 heteroatoms. The summed E-state index contributed by atoms with van der Waals surface area (Å²) >= 11 is 0. The highest BCUT2D eigenvalue weighted by Crippen LogP contribution is 2.32. The van der Waals surface area contributed by atoms with Crippen molar-refractivity contribution in [2.75, 3.05) is 24.5 Å². The number of amides is 1. The molecule has 0 aliphatic carbocycles. The molecule has 3 rings (SSSR count). The van der Waals surface area contributed by atoms with Gasteiger partial charge in [0.2, 0.25) is 0 Å². The standard InChI is InChI=1S/C18H16N2O5S/c1-2-8-19-18(21)13-4-3-5-14(11-13)20-26(22,23)15-6-7-16-17(12-15)25-10-9-24-16/h1,3-7,11-12,20H,8-10H2,(H,19,21). The zero-order valence-corrected chi connectivity index (χ0v) is 14.5. The quantitative estimate of drug-likeness (QED) is 0.778. The van der Waals surface area contributed by atoms with Gasteiger partial charge in [0.05, 0.1) is 11.4 Å². The lowest BCUT2D eigenvalue weighted by molar-refractivity contribution is 0.0958. The smallest absolute Gasteiger partial charge is 0.262 e. The van der Waals surface area contributed by atoms with E-state index in [2.05, 4.69) is 16.0 Å². The van der Waals surface area contributed by atoms with E-state index < -0.39 is 10.0 Å². The summed E-state index contributed by atoms with van der Waals surface area (Å²) in [6.45, 7) is 0.872. The Morgan fingerprint density at radius 1 is 1.12 bits per heavy atom. The van der Waals surface area contributed by atoms with E-state index in [4.69, 9.17) is 15.9 Å².